The van der Waals surface area contributed by atoms with Crippen molar-refractivity contribution in [1.82, 2.24) is 0 Å². The number of nitrogen functional groups attached to an aromatic ring is 1. The Kier molecular flexibility index (Phi) is 2.36. The summed E-state index contributed by atoms with van der Waals surface area (Å²) in [6, 6.07) is 5.56. The molecule has 0 fully saturated rings. The Bertz CT molecular complexity index is 260. The van der Waals surface area contributed by atoms with E-state index < -0.39 is 0 Å². The number of rotatable bonds is 1. The van der Waals surface area contributed by atoms with Gasteiger partial charge in [0.1, 0.15) is 0 Å². The molecular weight excluding hydrogens is 206 g/mol. The third kappa shape index (κ3) is 1.85. The first-order valence-electron chi connectivity index (χ1n) is 3.14. The molecule has 60 valence electrons. The Labute approximate surface area is 74.1 Å². The summed E-state index contributed by atoms with van der Waals surface area (Å²) in [5.74, 6) is 5.52. The van der Waals surface area contributed by atoms with Crippen LogP contribution in [-0.2, 0) is 0 Å². The molecule has 0 aliphatic carbocycles. The summed E-state index contributed by atoms with van der Waals surface area (Å²) in [7, 11) is 1.75. The molecule has 0 aliphatic heterocycles. The summed E-state index contributed by atoms with van der Waals surface area (Å²) in [6.07, 6.45) is 0. The molecule has 11 heavy (non-hydrogen) atoms. The fourth-order valence-electron chi connectivity index (χ4n) is 0.822. The van der Waals surface area contributed by atoms with E-state index in [4.69, 9.17) is 11.6 Å². The van der Waals surface area contributed by atoms with Gasteiger partial charge in [-0.05, 0) is 18.2 Å². The van der Waals surface area contributed by atoms with Gasteiger partial charge in [0.25, 0.3) is 0 Å². The van der Waals surface area contributed by atoms with Gasteiger partial charge in [-0.25, -0.2) is 5.84 Å². The predicted octanol–water partition coefficient (Wildman–Crippen LogP) is 1.34. The van der Waals surface area contributed by atoms with Crippen LogP contribution in [0.2, 0.25) is 0 Å². The van der Waals surface area contributed by atoms with Crippen LogP contribution in [0.3, 0.4) is 0 Å². The number of nitrogens with two attached hydrogens (primary N) is 2. The highest BCUT2D eigenvalue weighted by molar-refractivity contribution is 9.10. The quantitative estimate of drug-likeness (QED) is 0.423. The number of benzene rings is 1. The van der Waals surface area contributed by atoms with Crippen LogP contribution in [0.25, 0.3) is 0 Å². The number of hydrazine groups is 1. The molecule has 0 spiro atoms. The maximum Gasteiger partial charge on any atom is 0.0754 e. The van der Waals surface area contributed by atoms with Crippen molar-refractivity contribution in [1.29, 1.82) is 0 Å². The van der Waals surface area contributed by atoms with E-state index >= 15 is 0 Å². The Morgan fingerprint density at radius 2 is 2.09 bits per heavy atom. The number of halogens is 1. The number of hydrogen-bond donors (Lipinski definition) is 2. The highest BCUT2D eigenvalue weighted by atomic mass is 79.9. The van der Waals surface area contributed by atoms with E-state index in [9.17, 15) is 0 Å². The van der Waals surface area contributed by atoms with Crippen molar-refractivity contribution in [3.63, 3.8) is 0 Å². The second-order valence-electron chi connectivity index (χ2n) is 2.31. The molecule has 4 N–H and O–H groups in total. The average molecular weight is 216 g/mol. The normalized spacial score (nSPS) is 9.73. The second-order valence-corrected chi connectivity index (χ2v) is 3.23. The van der Waals surface area contributed by atoms with Gasteiger partial charge in [0.15, 0.2) is 0 Å². The Hall–Kier alpha value is -0.740. The van der Waals surface area contributed by atoms with Crippen LogP contribution in [0.4, 0.5) is 11.4 Å². The molecule has 1 rings (SSSR count). The summed E-state index contributed by atoms with van der Waals surface area (Å²) in [4.78, 5) is 0. The van der Waals surface area contributed by atoms with Crippen molar-refractivity contribution >= 4 is 27.3 Å². The molecule has 3 nitrogen and oxygen atoms in total. The SMILES string of the molecule is CN(N)c1cc(Br)ccc1N. The third-order valence-electron chi connectivity index (χ3n) is 1.37. The molecule has 0 heterocycles. The standard InChI is InChI=1S/C7H10BrN3/c1-11(10)7-4-5(8)2-3-6(7)9/h2-4H,9-10H2,1H3. The van der Waals surface area contributed by atoms with E-state index in [1.165, 1.54) is 5.01 Å². The van der Waals surface area contributed by atoms with Crippen molar-refractivity contribution < 1.29 is 0 Å². The van der Waals surface area contributed by atoms with Gasteiger partial charge in [0, 0.05) is 11.5 Å². The summed E-state index contributed by atoms with van der Waals surface area (Å²) in [6.45, 7) is 0. The molecular formula is C7H10BrN3. The molecule has 0 saturated carbocycles. The number of anilines is 2. The van der Waals surface area contributed by atoms with Crippen LogP contribution in [0.1, 0.15) is 0 Å². The topological polar surface area (TPSA) is 55.3 Å². The first-order chi connectivity index (χ1) is 5.11. The lowest BCUT2D eigenvalue weighted by atomic mass is 10.3. The molecule has 1 aromatic rings. The molecule has 0 atom stereocenters. The van der Waals surface area contributed by atoms with Gasteiger partial charge in [-0.2, -0.15) is 0 Å². The van der Waals surface area contributed by atoms with Crippen molar-refractivity contribution in [2.24, 2.45) is 5.84 Å². The van der Waals surface area contributed by atoms with Gasteiger partial charge in [-0.1, -0.05) is 15.9 Å². The lowest BCUT2D eigenvalue weighted by Crippen LogP contribution is -2.25. The van der Waals surface area contributed by atoms with Crippen LogP contribution < -0.4 is 16.6 Å². The second kappa shape index (κ2) is 3.11. The van der Waals surface area contributed by atoms with E-state index in [0.29, 0.717) is 5.69 Å². The Balaban J connectivity index is 3.13. The minimum atomic E-state index is 0.679. The fraction of sp³-hybridized carbons (Fsp3) is 0.143. The van der Waals surface area contributed by atoms with Crippen LogP contribution >= 0.6 is 15.9 Å². The first-order valence-corrected chi connectivity index (χ1v) is 3.94. The number of nitrogens with zero attached hydrogens (tertiary/aromatic N) is 1. The van der Waals surface area contributed by atoms with Gasteiger partial charge in [-0.15, -0.1) is 0 Å². The molecule has 0 amide bonds. The van der Waals surface area contributed by atoms with Gasteiger partial charge in [0.05, 0.1) is 11.4 Å². The number of hydrogen-bond acceptors (Lipinski definition) is 3. The largest absolute Gasteiger partial charge is 0.397 e. The summed E-state index contributed by atoms with van der Waals surface area (Å²) in [5.41, 5.74) is 7.15. The molecule has 0 unspecified atom stereocenters. The fourth-order valence-corrected chi connectivity index (χ4v) is 1.17. The Morgan fingerprint density at radius 3 is 2.55 bits per heavy atom. The lowest BCUT2D eigenvalue weighted by Gasteiger charge is -2.14. The zero-order valence-corrected chi connectivity index (χ0v) is 7.80. The minimum Gasteiger partial charge on any atom is -0.397 e. The van der Waals surface area contributed by atoms with Crippen molar-refractivity contribution in [2.75, 3.05) is 17.8 Å². The van der Waals surface area contributed by atoms with E-state index in [2.05, 4.69) is 15.9 Å². The van der Waals surface area contributed by atoms with Crippen molar-refractivity contribution in [2.45, 2.75) is 0 Å². The maximum absolute atomic E-state index is 5.65. The molecule has 1 aromatic carbocycles. The smallest absolute Gasteiger partial charge is 0.0754 e. The summed E-state index contributed by atoms with van der Waals surface area (Å²) in [5, 5.41) is 1.49. The molecule has 4 heteroatoms. The maximum atomic E-state index is 5.65. The van der Waals surface area contributed by atoms with Crippen LogP contribution in [-0.4, -0.2) is 7.05 Å². The van der Waals surface area contributed by atoms with Gasteiger partial charge >= 0.3 is 0 Å². The van der Waals surface area contributed by atoms with Crippen molar-refractivity contribution in [3.05, 3.63) is 22.7 Å². The molecule has 0 aliphatic rings. The van der Waals surface area contributed by atoms with E-state index in [1.54, 1.807) is 7.05 Å². The monoisotopic (exact) mass is 215 g/mol. The predicted molar refractivity (Wildman–Crippen MR) is 51.1 cm³/mol. The first kappa shape index (κ1) is 8.36. The van der Waals surface area contributed by atoms with Gasteiger partial charge in [-0.3, -0.25) is 0 Å². The van der Waals surface area contributed by atoms with E-state index in [0.717, 1.165) is 10.2 Å². The zero-order chi connectivity index (χ0) is 8.43. The molecule has 0 aromatic heterocycles. The van der Waals surface area contributed by atoms with Gasteiger partial charge in [0.2, 0.25) is 0 Å². The summed E-state index contributed by atoms with van der Waals surface area (Å²) >= 11 is 3.33. The van der Waals surface area contributed by atoms with Crippen LogP contribution in [0.15, 0.2) is 22.7 Å². The highest BCUT2D eigenvalue weighted by Gasteiger charge is 2.00. The van der Waals surface area contributed by atoms with Crippen LogP contribution in [0, 0.1) is 0 Å². The average Bonchev–Trinajstić information content (AvgIpc) is 1.94. The van der Waals surface area contributed by atoms with Crippen LogP contribution in [0.5, 0.6) is 0 Å². The van der Waals surface area contributed by atoms with E-state index in [1.807, 2.05) is 18.2 Å². The lowest BCUT2D eigenvalue weighted by molar-refractivity contribution is 1.02. The Morgan fingerprint density at radius 1 is 1.45 bits per heavy atom. The highest BCUT2D eigenvalue weighted by Crippen LogP contribution is 2.24. The van der Waals surface area contributed by atoms with E-state index in [-0.39, 0.29) is 0 Å². The zero-order valence-electron chi connectivity index (χ0n) is 6.21. The van der Waals surface area contributed by atoms with Gasteiger partial charge < -0.3 is 10.7 Å². The molecule has 0 saturated heterocycles. The van der Waals surface area contributed by atoms with Crippen molar-refractivity contribution in [3.8, 4) is 0 Å². The minimum absolute atomic E-state index is 0.679. The third-order valence-corrected chi connectivity index (χ3v) is 1.87. The molecule has 0 radical (unpaired) electrons. The summed E-state index contributed by atoms with van der Waals surface area (Å²) < 4.78 is 0.971. The molecule has 0 bridgehead atoms.